The average molecular weight is 243 g/mol. The Bertz CT molecular complexity index is 325. The van der Waals surface area contributed by atoms with E-state index in [-0.39, 0.29) is 0 Å². The van der Waals surface area contributed by atoms with Crippen LogP contribution in [0.5, 0.6) is 0 Å². The second-order valence-electron chi connectivity index (χ2n) is 2.76. The zero-order valence-electron chi connectivity index (χ0n) is 7.38. The minimum atomic E-state index is -0.419. The summed E-state index contributed by atoms with van der Waals surface area (Å²) in [5, 5.41) is 0. The van der Waals surface area contributed by atoms with Crippen molar-refractivity contribution in [1.29, 1.82) is 0 Å². The van der Waals surface area contributed by atoms with Crippen LogP contribution in [0.2, 0.25) is 0 Å². The molecule has 3 nitrogen and oxygen atoms in total. The summed E-state index contributed by atoms with van der Waals surface area (Å²) in [5.74, 6) is -0.419. The van der Waals surface area contributed by atoms with Gasteiger partial charge in [0, 0.05) is 10.7 Å². The second-order valence-corrected chi connectivity index (χ2v) is 3.68. The minimum Gasteiger partial charge on any atom is -0.366 e. The predicted octanol–water partition coefficient (Wildman–Crippen LogP) is 1.90. The number of primary amides is 1. The van der Waals surface area contributed by atoms with Crippen molar-refractivity contribution >= 4 is 21.8 Å². The zero-order valence-corrected chi connectivity index (χ0v) is 8.97. The molecule has 4 heteroatoms. The van der Waals surface area contributed by atoms with E-state index in [0.29, 0.717) is 5.56 Å². The molecule has 1 heterocycles. The molecule has 0 aromatic carbocycles. The molecule has 0 aliphatic rings. The highest BCUT2D eigenvalue weighted by molar-refractivity contribution is 9.10. The van der Waals surface area contributed by atoms with E-state index in [1.807, 2.05) is 6.92 Å². The fourth-order valence-corrected chi connectivity index (χ4v) is 1.45. The normalized spacial score (nSPS) is 10.0. The summed E-state index contributed by atoms with van der Waals surface area (Å²) in [6, 6.07) is 1.71. The Labute approximate surface area is 85.5 Å². The van der Waals surface area contributed by atoms with Gasteiger partial charge >= 0.3 is 0 Å². The number of rotatable bonds is 3. The summed E-state index contributed by atoms with van der Waals surface area (Å²) in [7, 11) is 0. The maximum absolute atomic E-state index is 11.0. The van der Waals surface area contributed by atoms with Gasteiger partial charge in [0.25, 0.3) is 5.91 Å². The van der Waals surface area contributed by atoms with Crippen molar-refractivity contribution in [3.63, 3.8) is 0 Å². The van der Waals surface area contributed by atoms with Gasteiger partial charge in [-0.25, -0.2) is 0 Å². The smallest absolute Gasteiger partial charge is 0.250 e. The van der Waals surface area contributed by atoms with Crippen molar-refractivity contribution in [1.82, 2.24) is 4.98 Å². The van der Waals surface area contributed by atoms with Crippen LogP contribution in [-0.2, 0) is 6.42 Å². The Morgan fingerprint density at radius 2 is 2.38 bits per heavy atom. The number of carbonyl (C=O) groups excluding carboxylic acids is 1. The number of hydrogen-bond acceptors (Lipinski definition) is 2. The van der Waals surface area contributed by atoms with Crippen LogP contribution in [0, 0.1) is 0 Å². The highest BCUT2D eigenvalue weighted by Crippen LogP contribution is 2.14. The molecule has 0 aliphatic carbocycles. The van der Waals surface area contributed by atoms with Gasteiger partial charge in [-0.05, 0) is 28.4 Å². The Balaban J connectivity index is 3.10. The number of amides is 1. The van der Waals surface area contributed by atoms with Gasteiger partial charge in [0.1, 0.15) is 0 Å². The average Bonchev–Trinajstić information content (AvgIpc) is 2.08. The largest absolute Gasteiger partial charge is 0.366 e. The van der Waals surface area contributed by atoms with Crippen molar-refractivity contribution in [2.24, 2.45) is 5.73 Å². The molecular formula is C9H11BrN2O. The number of carbonyl (C=O) groups is 1. The standard InChI is InChI=1S/C9H11BrN2O/c1-2-3-8-7(9(11)13)4-6(10)5-12-8/h4-5H,2-3H2,1H3,(H2,11,13). The van der Waals surface area contributed by atoms with E-state index in [4.69, 9.17) is 5.73 Å². The van der Waals surface area contributed by atoms with E-state index in [1.54, 1.807) is 12.3 Å². The summed E-state index contributed by atoms with van der Waals surface area (Å²) >= 11 is 3.25. The van der Waals surface area contributed by atoms with Crippen LogP contribution < -0.4 is 5.73 Å². The van der Waals surface area contributed by atoms with Gasteiger partial charge in [-0.1, -0.05) is 13.3 Å². The first-order valence-electron chi connectivity index (χ1n) is 4.09. The highest BCUT2D eigenvalue weighted by atomic mass is 79.9. The molecule has 1 rings (SSSR count). The van der Waals surface area contributed by atoms with Gasteiger partial charge in [0.15, 0.2) is 0 Å². The van der Waals surface area contributed by atoms with E-state index < -0.39 is 5.91 Å². The topological polar surface area (TPSA) is 56.0 Å². The van der Waals surface area contributed by atoms with E-state index in [9.17, 15) is 4.79 Å². The SMILES string of the molecule is CCCc1ncc(Br)cc1C(N)=O. The van der Waals surface area contributed by atoms with Crippen molar-refractivity contribution in [3.8, 4) is 0 Å². The fraction of sp³-hybridized carbons (Fsp3) is 0.333. The molecule has 0 saturated carbocycles. The molecule has 0 saturated heterocycles. The molecule has 0 atom stereocenters. The fourth-order valence-electron chi connectivity index (χ4n) is 1.12. The summed E-state index contributed by atoms with van der Waals surface area (Å²) in [6.45, 7) is 2.04. The van der Waals surface area contributed by atoms with Gasteiger partial charge in [0.05, 0.1) is 11.3 Å². The van der Waals surface area contributed by atoms with Crippen molar-refractivity contribution in [2.45, 2.75) is 19.8 Å². The lowest BCUT2D eigenvalue weighted by Crippen LogP contribution is -2.14. The molecule has 2 N–H and O–H groups in total. The van der Waals surface area contributed by atoms with Gasteiger partial charge < -0.3 is 5.73 Å². The Morgan fingerprint density at radius 3 is 2.92 bits per heavy atom. The Morgan fingerprint density at radius 1 is 1.69 bits per heavy atom. The number of nitrogens with zero attached hydrogens (tertiary/aromatic N) is 1. The lowest BCUT2D eigenvalue weighted by Gasteiger charge is -2.04. The van der Waals surface area contributed by atoms with E-state index >= 15 is 0 Å². The lowest BCUT2D eigenvalue weighted by molar-refractivity contribution is 0.0999. The molecular weight excluding hydrogens is 232 g/mol. The summed E-state index contributed by atoms with van der Waals surface area (Å²) in [4.78, 5) is 15.2. The van der Waals surface area contributed by atoms with Crippen LogP contribution >= 0.6 is 15.9 Å². The number of aryl methyl sites for hydroxylation is 1. The van der Waals surface area contributed by atoms with Gasteiger partial charge in [0.2, 0.25) is 0 Å². The summed E-state index contributed by atoms with van der Waals surface area (Å²) in [5.41, 5.74) is 6.50. The Kier molecular flexibility index (Phi) is 3.42. The number of aromatic nitrogens is 1. The van der Waals surface area contributed by atoms with Crippen LogP contribution in [0.4, 0.5) is 0 Å². The molecule has 1 amide bonds. The molecule has 0 aliphatic heterocycles. The Hall–Kier alpha value is -0.900. The third-order valence-corrected chi connectivity index (χ3v) is 2.12. The highest BCUT2D eigenvalue weighted by Gasteiger charge is 2.08. The van der Waals surface area contributed by atoms with Crippen LogP contribution in [0.1, 0.15) is 29.4 Å². The van der Waals surface area contributed by atoms with Crippen LogP contribution in [0.25, 0.3) is 0 Å². The number of nitrogens with two attached hydrogens (primary N) is 1. The first kappa shape index (κ1) is 10.2. The van der Waals surface area contributed by atoms with Crippen molar-refractivity contribution in [2.75, 3.05) is 0 Å². The number of pyridine rings is 1. The van der Waals surface area contributed by atoms with Crippen LogP contribution in [-0.4, -0.2) is 10.9 Å². The van der Waals surface area contributed by atoms with Crippen molar-refractivity contribution < 1.29 is 4.79 Å². The van der Waals surface area contributed by atoms with E-state index in [0.717, 1.165) is 23.0 Å². The maximum Gasteiger partial charge on any atom is 0.250 e. The van der Waals surface area contributed by atoms with Crippen LogP contribution in [0.3, 0.4) is 0 Å². The number of hydrogen-bond donors (Lipinski definition) is 1. The van der Waals surface area contributed by atoms with Gasteiger partial charge in [-0.15, -0.1) is 0 Å². The second kappa shape index (κ2) is 4.37. The van der Waals surface area contributed by atoms with Crippen molar-refractivity contribution in [3.05, 3.63) is 28.0 Å². The first-order chi connectivity index (χ1) is 6.15. The molecule has 0 bridgehead atoms. The molecule has 0 fully saturated rings. The minimum absolute atomic E-state index is 0.419. The monoisotopic (exact) mass is 242 g/mol. The molecule has 0 radical (unpaired) electrons. The quantitative estimate of drug-likeness (QED) is 0.881. The van der Waals surface area contributed by atoms with Crippen LogP contribution in [0.15, 0.2) is 16.7 Å². The van der Waals surface area contributed by atoms with E-state index in [2.05, 4.69) is 20.9 Å². The summed E-state index contributed by atoms with van der Waals surface area (Å²) in [6.07, 6.45) is 3.41. The predicted molar refractivity (Wildman–Crippen MR) is 54.4 cm³/mol. The molecule has 1 aromatic heterocycles. The molecule has 0 spiro atoms. The molecule has 13 heavy (non-hydrogen) atoms. The third kappa shape index (κ3) is 2.52. The third-order valence-electron chi connectivity index (χ3n) is 1.69. The van der Waals surface area contributed by atoms with Gasteiger partial charge in [-0.2, -0.15) is 0 Å². The van der Waals surface area contributed by atoms with E-state index in [1.165, 1.54) is 0 Å². The molecule has 0 unspecified atom stereocenters. The first-order valence-corrected chi connectivity index (χ1v) is 4.88. The lowest BCUT2D eigenvalue weighted by atomic mass is 10.1. The molecule has 1 aromatic rings. The van der Waals surface area contributed by atoms with Gasteiger partial charge in [-0.3, -0.25) is 9.78 Å². The molecule has 70 valence electrons. The number of halogens is 1. The maximum atomic E-state index is 11.0. The summed E-state index contributed by atoms with van der Waals surface area (Å²) < 4.78 is 0.779. The zero-order chi connectivity index (χ0) is 9.84.